The van der Waals surface area contributed by atoms with Gasteiger partial charge in [-0.15, -0.1) is 0 Å². The number of likely N-dealkylation sites (tertiary alicyclic amines) is 2. The van der Waals surface area contributed by atoms with Gasteiger partial charge in [-0.05, 0) is 38.4 Å². The smallest absolute Gasteiger partial charge is 0.0349 e. The van der Waals surface area contributed by atoms with Crippen LogP contribution in [0.4, 0.5) is 0 Å². The first-order valence-corrected chi connectivity index (χ1v) is 7.90. The highest BCUT2D eigenvalue weighted by Crippen LogP contribution is 2.41. The molecule has 0 bridgehead atoms. The van der Waals surface area contributed by atoms with Crippen LogP contribution in [0.25, 0.3) is 0 Å². The average molecular weight is 267 g/mol. The molecule has 2 aliphatic heterocycles. The van der Waals surface area contributed by atoms with Crippen LogP contribution in [-0.2, 0) is 0 Å². The van der Waals surface area contributed by atoms with Crippen molar-refractivity contribution in [1.82, 2.24) is 15.1 Å². The zero-order chi connectivity index (χ0) is 13.9. The number of rotatable bonds is 6. The fourth-order valence-electron chi connectivity index (χ4n) is 3.41. The second-order valence-electron chi connectivity index (χ2n) is 6.90. The van der Waals surface area contributed by atoms with Crippen molar-refractivity contribution in [3.05, 3.63) is 12.3 Å². The van der Waals surface area contributed by atoms with Gasteiger partial charge in [0.25, 0.3) is 0 Å². The first-order valence-electron chi connectivity index (χ1n) is 7.90. The maximum absolute atomic E-state index is 4.20. The summed E-state index contributed by atoms with van der Waals surface area (Å²) in [5.41, 5.74) is 1.89. The van der Waals surface area contributed by atoms with Gasteiger partial charge in [0, 0.05) is 38.7 Å². The lowest BCUT2D eigenvalue weighted by Crippen LogP contribution is -2.60. The van der Waals surface area contributed by atoms with E-state index in [0.29, 0.717) is 5.41 Å². The van der Waals surface area contributed by atoms with Gasteiger partial charge in [0.05, 0.1) is 0 Å². The molecule has 2 rings (SSSR count). The molecular weight excluding hydrogens is 234 g/mol. The van der Waals surface area contributed by atoms with Gasteiger partial charge in [0.1, 0.15) is 0 Å². The molecule has 0 radical (unpaired) electrons. The monoisotopic (exact) mass is 267 g/mol. The van der Waals surface area contributed by atoms with Crippen molar-refractivity contribution in [3.8, 4) is 0 Å². The molecule has 2 heterocycles. The average Bonchev–Trinajstić information content (AvgIpc) is 2.33. The zero-order valence-corrected chi connectivity index (χ0v) is 13.0. The molecule has 19 heavy (non-hydrogen) atoms. The zero-order valence-electron chi connectivity index (χ0n) is 13.0. The molecule has 1 spiro atoms. The van der Waals surface area contributed by atoms with E-state index in [9.17, 15) is 0 Å². The number of piperidine rings is 1. The SMILES string of the molecule is C=C(CNCC)N1CC2(CCN(CC(C)C)CC2)C1.[HH]. The minimum absolute atomic E-state index is 0. The van der Waals surface area contributed by atoms with Crippen LogP contribution < -0.4 is 5.32 Å². The van der Waals surface area contributed by atoms with E-state index in [-0.39, 0.29) is 1.43 Å². The second-order valence-corrected chi connectivity index (χ2v) is 6.90. The Morgan fingerprint density at radius 3 is 2.47 bits per heavy atom. The molecule has 2 aliphatic rings. The van der Waals surface area contributed by atoms with E-state index in [1.807, 2.05) is 0 Å². The topological polar surface area (TPSA) is 18.5 Å². The summed E-state index contributed by atoms with van der Waals surface area (Å²) in [7, 11) is 0. The summed E-state index contributed by atoms with van der Waals surface area (Å²) in [6, 6.07) is 0. The van der Waals surface area contributed by atoms with Gasteiger partial charge < -0.3 is 15.1 Å². The van der Waals surface area contributed by atoms with Crippen molar-refractivity contribution in [1.29, 1.82) is 0 Å². The Kier molecular flexibility index (Phi) is 4.91. The lowest BCUT2D eigenvalue weighted by atomic mass is 9.71. The summed E-state index contributed by atoms with van der Waals surface area (Å²) >= 11 is 0. The van der Waals surface area contributed by atoms with Crippen LogP contribution in [0.3, 0.4) is 0 Å². The van der Waals surface area contributed by atoms with Gasteiger partial charge in [0.2, 0.25) is 0 Å². The molecule has 0 aliphatic carbocycles. The van der Waals surface area contributed by atoms with Crippen molar-refractivity contribution >= 4 is 0 Å². The maximum Gasteiger partial charge on any atom is 0.0349 e. The molecular formula is C16H33N3. The fourth-order valence-corrected chi connectivity index (χ4v) is 3.41. The summed E-state index contributed by atoms with van der Waals surface area (Å²) in [5, 5.41) is 3.37. The van der Waals surface area contributed by atoms with Crippen LogP contribution in [0.1, 0.15) is 35.0 Å². The Bertz CT molecular complexity index is 301. The number of hydrogen-bond donors (Lipinski definition) is 1. The van der Waals surface area contributed by atoms with Crippen molar-refractivity contribution in [2.75, 3.05) is 45.8 Å². The largest absolute Gasteiger partial charge is 0.373 e. The summed E-state index contributed by atoms with van der Waals surface area (Å²) in [5.74, 6) is 0.798. The van der Waals surface area contributed by atoms with Crippen LogP contribution in [0.5, 0.6) is 0 Å². The van der Waals surface area contributed by atoms with E-state index in [1.54, 1.807) is 0 Å². The number of nitrogens with zero attached hydrogens (tertiary/aromatic N) is 2. The maximum atomic E-state index is 4.20. The number of likely N-dealkylation sites (N-methyl/N-ethyl adjacent to an activating group) is 1. The fraction of sp³-hybridized carbons (Fsp3) is 0.875. The van der Waals surface area contributed by atoms with E-state index in [0.717, 1.165) is 19.0 Å². The number of nitrogens with one attached hydrogen (secondary N) is 1. The molecule has 0 aromatic carbocycles. The third-order valence-electron chi connectivity index (χ3n) is 4.62. The Balaban J connectivity index is 0.00000200. The van der Waals surface area contributed by atoms with Crippen LogP contribution in [-0.4, -0.2) is 55.6 Å². The Morgan fingerprint density at radius 2 is 1.95 bits per heavy atom. The van der Waals surface area contributed by atoms with Crippen molar-refractivity contribution in [2.45, 2.75) is 33.6 Å². The van der Waals surface area contributed by atoms with E-state index < -0.39 is 0 Å². The van der Waals surface area contributed by atoms with Gasteiger partial charge in [0.15, 0.2) is 0 Å². The van der Waals surface area contributed by atoms with Crippen molar-refractivity contribution in [2.24, 2.45) is 11.3 Å². The molecule has 0 aromatic rings. The minimum Gasteiger partial charge on any atom is -0.373 e. The summed E-state index contributed by atoms with van der Waals surface area (Å²) in [6.07, 6.45) is 2.76. The second kappa shape index (κ2) is 6.27. The van der Waals surface area contributed by atoms with Crippen LogP contribution in [0.2, 0.25) is 0 Å². The molecule has 2 saturated heterocycles. The third-order valence-corrected chi connectivity index (χ3v) is 4.62. The van der Waals surface area contributed by atoms with Gasteiger partial charge in [-0.25, -0.2) is 0 Å². The van der Waals surface area contributed by atoms with Crippen LogP contribution in [0.15, 0.2) is 12.3 Å². The Morgan fingerprint density at radius 1 is 1.32 bits per heavy atom. The van der Waals surface area contributed by atoms with Gasteiger partial charge in [-0.3, -0.25) is 0 Å². The molecule has 2 fully saturated rings. The summed E-state index contributed by atoms with van der Waals surface area (Å²) < 4.78 is 0. The first-order chi connectivity index (χ1) is 9.04. The first kappa shape index (κ1) is 14.9. The van der Waals surface area contributed by atoms with E-state index in [2.05, 4.69) is 42.5 Å². The van der Waals surface area contributed by atoms with Crippen LogP contribution in [0, 0.1) is 11.3 Å². The minimum atomic E-state index is 0. The summed E-state index contributed by atoms with van der Waals surface area (Å²) in [4.78, 5) is 5.12. The third kappa shape index (κ3) is 3.73. The van der Waals surface area contributed by atoms with Gasteiger partial charge in [-0.1, -0.05) is 27.4 Å². The van der Waals surface area contributed by atoms with Crippen molar-refractivity contribution in [3.63, 3.8) is 0 Å². The van der Waals surface area contributed by atoms with E-state index >= 15 is 0 Å². The normalized spacial score (nSPS) is 22.8. The molecule has 3 heteroatoms. The molecule has 0 aromatic heterocycles. The van der Waals surface area contributed by atoms with Gasteiger partial charge in [-0.2, -0.15) is 0 Å². The lowest BCUT2D eigenvalue weighted by Gasteiger charge is -2.55. The standard InChI is InChI=1S/C16H31N3.H2/c1-5-17-10-15(4)19-12-16(13-19)6-8-18(9-7-16)11-14(2)3;/h14,17H,4-13H2,1-3H3;1H. The molecule has 0 saturated carbocycles. The van der Waals surface area contributed by atoms with E-state index in [4.69, 9.17) is 0 Å². The molecule has 1 N–H and O–H groups in total. The highest BCUT2D eigenvalue weighted by molar-refractivity contribution is 5.09. The predicted octanol–water partition coefficient (Wildman–Crippen LogP) is 2.41. The molecule has 0 unspecified atom stereocenters. The highest BCUT2D eigenvalue weighted by Gasteiger charge is 2.44. The molecule has 112 valence electrons. The van der Waals surface area contributed by atoms with E-state index in [1.165, 1.54) is 51.3 Å². The number of hydrogen-bond acceptors (Lipinski definition) is 3. The lowest BCUT2D eigenvalue weighted by molar-refractivity contribution is -0.0291. The molecule has 0 amide bonds. The molecule has 3 nitrogen and oxygen atoms in total. The van der Waals surface area contributed by atoms with Gasteiger partial charge >= 0.3 is 0 Å². The predicted molar refractivity (Wildman–Crippen MR) is 84.3 cm³/mol. The summed E-state index contributed by atoms with van der Waals surface area (Å²) in [6.45, 7) is 19.3. The molecule has 0 atom stereocenters. The highest BCUT2D eigenvalue weighted by atomic mass is 15.2. The Labute approximate surface area is 120 Å². The van der Waals surface area contributed by atoms with Crippen molar-refractivity contribution < 1.29 is 1.43 Å². The quantitative estimate of drug-likeness (QED) is 0.797. The van der Waals surface area contributed by atoms with Crippen LogP contribution >= 0.6 is 0 Å². The Hall–Kier alpha value is -0.540.